The molecule has 2 amide bonds. The summed E-state index contributed by atoms with van der Waals surface area (Å²) < 4.78 is 28.0. The van der Waals surface area contributed by atoms with Gasteiger partial charge in [0.1, 0.15) is 24.8 Å². The Morgan fingerprint density at radius 2 is 1.71 bits per heavy atom. The zero-order chi connectivity index (χ0) is 47.1. The molecule has 4 aliphatic rings. The summed E-state index contributed by atoms with van der Waals surface area (Å²) in [5, 5.41) is 11.0. The molecular formula is C50H56BrN10O6P. The van der Waals surface area contributed by atoms with Gasteiger partial charge in [0.15, 0.2) is 5.58 Å². The zero-order valence-corrected chi connectivity index (χ0v) is 41.1. The van der Waals surface area contributed by atoms with E-state index in [0.29, 0.717) is 51.5 Å². The number of halogens is 1. The first-order valence-corrected chi connectivity index (χ1v) is 26.4. The molecule has 0 spiro atoms. The van der Waals surface area contributed by atoms with Crippen LogP contribution < -0.4 is 36.6 Å². The maximum Gasteiger partial charge on any atom is 0.420 e. The van der Waals surface area contributed by atoms with Crippen molar-refractivity contribution in [2.45, 2.75) is 64.5 Å². The first kappa shape index (κ1) is 45.9. The fourth-order valence-electron chi connectivity index (χ4n) is 10.4. The van der Waals surface area contributed by atoms with Crippen LogP contribution in [0.15, 0.2) is 86.6 Å². The third-order valence-electron chi connectivity index (χ3n) is 14.0. The number of ether oxygens (including phenoxy) is 1. The second-order valence-electron chi connectivity index (χ2n) is 18.2. The normalized spacial score (nSPS) is 19.2. The van der Waals surface area contributed by atoms with E-state index in [-0.39, 0.29) is 18.7 Å². The number of hydrogen-bond acceptors (Lipinski definition) is 14. The molecule has 7 heterocycles. The summed E-state index contributed by atoms with van der Waals surface area (Å²) in [6, 6.07) is 17.7. The van der Waals surface area contributed by atoms with Crippen LogP contribution in [-0.4, -0.2) is 112 Å². The van der Waals surface area contributed by atoms with Crippen LogP contribution >= 0.6 is 23.1 Å². The first-order chi connectivity index (χ1) is 33.0. The van der Waals surface area contributed by atoms with Crippen LogP contribution in [0.4, 0.5) is 28.8 Å². The summed E-state index contributed by atoms with van der Waals surface area (Å²) in [4.78, 5) is 58.8. The molecule has 0 bridgehead atoms. The van der Waals surface area contributed by atoms with E-state index >= 15 is 0 Å². The second-order valence-corrected chi connectivity index (χ2v) is 22.0. The summed E-state index contributed by atoms with van der Waals surface area (Å²) in [6.45, 7) is 11.0. The fourth-order valence-corrected chi connectivity index (χ4v) is 13.4. The quantitative estimate of drug-likeness (QED) is 0.0591. The van der Waals surface area contributed by atoms with Crippen LogP contribution in [0, 0.1) is 6.92 Å². The molecule has 0 radical (unpaired) electrons. The summed E-state index contributed by atoms with van der Waals surface area (Å²) in [5.74, 6) is 0.279. The highest BCUT2D eigenvalue weighted by Crippen LogP contribution is 2.52. The van der Waals surface area contributed by atoms with Crippen molar-refractivity contribution in [2.24, 2.45) is 0 Å². The van der Waals surface area contributed by atoms with E-state index < -0.39 is 24.8 Å². The van der Waals surface area contributed by atoms with E-state index in [1.807, 2.05) is 61.5 Å². The van der Waals surface area contributed by atoms with E-state index in [1.54, 1.807) is 13.3 Å². The van der Waals surface area contributed by atoms with Gasteiger partial charge in [0.2, 0.25) is 17.8 Å². The molecule has 10 rings (SSSR count). The average Bonchev–Trinajstić information content (AvgIpc) is 3.93. The highest BCUT2D eigenvalue weighted by Gasteiger charge is 2.33. The van der Waals surface area contributed by atoms with Gasteiger partial charge in [-0.15, -0.1) is 0 Å². The van der Waals surface area contributed by atoms with Crippen LogP contribution in [0.5, 0.6) is 5.75 Å². The Morgan fingerprint density at radius 3 is 2.46 bits per heavy atom. The number of piperidine rings is 2. The van der Waals surface area contributed by atoms with Crippen molar-refractivity contribution in [3.8, 4) is 5.75 Å². The number of pyridine rings is 1. The Hall–Kier alpha value is -5.87. The molecule has 68 heavy (non-hydrogen) atoms. The maximum atomic E-state index is 14.4. The number of allylic oxidation sites excluding steroid dienone is 2. The number of aryl methyl sites for hydroxylation is 2. The summed E-state index contributed by atoms with van der Waals surface area (Å²) in [7, 11) is -1.06. The number of carbonyl (C=O) groups excluding carboxylic acids is 2. The van der Waals surface area contributed by atoms with E-state index in [9.17, 15) is 18.9 Å². The van der Waals surface area contributed by atoms with Gasteiger partial charge in [0.25, 0.3) is 0 Å². The molecule has 0 aliphatic carbocycles. The van der Waals surface area contributed by atoms with E-state index in [4.69, 9.17) is 19.1 Å². The second kappa shape index (κ2) is 19.3. The predicted molar refractivity (Wildman–Crippen MR) is 270 cm³/mol. The number of amides is 2. The SMILES string of the molecule is CCc1cc(Nc2ncc(Br)c(Nc3ccc4nc(C)ccc4c3P3(=O)CC=CC3)n2)c(OC)cc1N1CCC(N2CCN(CCc3ccc4c(c3)oc(=O)n4C3CCC(=O)NC3=O)CC2)CC1. The van der Waals surface area contributed by atoms with E-state index in [0.717, 1.165) is 110 Å². The molecule has 3 N–H and O–H groups in total. The molecule has 4 aliphatic heterocycles. The molecule has 354 valence electrons. The monoisotopic (exact) mass is 1000 g/mol. The molecule has 1 unspecified atom stereocenters. The largest absolute Gasteiger partial charge is 0.494 e. The highest BCUT2D eigenvalue weighted by molar-refractivity contribution is 9.10. The summed E-state index contributed by atoms with van der Waals surface area (Å²) in [5.41, 5.74) is 7.75. The number of aromatic nitrogens is 4. The number of imide groups is 1. The van der Waals surface area contributed by atoms with Crippen molar-refractivity contribution in [2.75, 3.05) is 80.8 Å². The topological polar surface area (TPSA) is 180 Å². The van der Waals surface area contributed by atoms with Gasteiger partial charge < -0.3 is 34.2 Å². The van der Waals surface area contributed by atoms with Gasteiger partial charge in [-0.1, -0.05) is 31.2 Å². The van der Waals surface area contributed by atoms with Crippen molar-refractivity contribution in [1.82, 2.24) is 34.6 Å². The Balaban J connectivity index is 0.755. The number of carbonyl (C=O) groups is 2. The molecule has 16 nitrogen and oxygen atoms in total. The van der Waals surface area contributed by atoms with Crippen LogP contribution in [-0.2, 0) is 27.0 Å². The average molecular weight is 1000 g/mol. The lowest BCUT2D eigenvalue weighted by Gasteiger charge is -2.43. The van der Waals surface area contributed by atoms with Crippen LogP contribution in [0.3, 0.4) is 0 Å². The number of benzene rings is 3. The van der Waals surface area contributed by atoms with Crippen LogP contribution in [0.2, 0.25) is 0 Å². The third kappa shape index (κ3) is 9.20. The smallest absolute Gasteiger partial charge is 0.420 e. The number of hydrogen-bond donors (Lipinski definition) is 3. The summed E-state index contributed by atoms with van der Waals surface area (Å²) >= 11 is 3.66. The number of oxazole rings is 1. The fraction of sp³-hybridized carbons (Fsp3) is 0.400. The maximum absolute atomic E-state index is 14.4. The minimum Gasteiger partial charge on any atom is -0.494 e. The lowest BCUT2D eigenvalue weighted by molar-refractivity contribution is -0.135. The van der Waals surface area contributed by atoms with Gasteiger partial charge in [-0.05, 0) is 102 Å². The van der Waals surface area contributed by atoms with Crippen LogP contribution in [0.25, 0.3) is 22.0 Å². The molecule has 6 aromatic rings. The van der Waals surface area contributed by atoms with E-state index in [1.165, 1.54) is 15.8 Å². The lowest BCUT2D eigenvalue weighted by atomic mass is 9.99. The number of fused-ring (bicyclic) bond motifs is 2. The first-order valence-electron chi connectivity index (χ1n) is 23.6. The molecular weight excluding hydrogens is 947 g/mol. The third-order valence-corrected chi connectivity index (χ3v) is 17.5. The summed E-state index contributed by atoms with van der Waals surface area (Å²) in [6.07, 6.45) is 11.1. The number of piperazine rings is 1. The van der Waals surface area contributed by atoms with Gasteiger partial charge in [-0.2, -0.15) is 4.98 Å². The number of nitrogens with zero attached hydrogens (tertiary/aromatic N) is 7. The Kier molecular flexibility index (Phi) is 13.0. The molecule has 3 saturated heterocycles. The van der Waals surface area contributed by atoms with Crippen molar-refractivity contribution < 1.29 is 23.3 Å². The van der Waals surface area contributed by atoms with E-state index in [2.05, 4.69) is 70.6 Å². The lowest BCUT2D eigenvalue weighted by Crippen LogP contribution is -2.53. The Morgan fingerprint density at radius 1 is 0.912 bits per heavy atom. The van der Waals surface area contributed by atoms with Gasteiger partial charge in [0.05, 0.1) is 34.0 Å². The molecule has 3 aromatic carbocycles. The minimum absolute atomic E-state index is 0.190. The molecule has 3 fully saturated rings. The standard InChI is InChI=1S/C50H56BrN10O6P/c1-4-33-28-39(55-49-52-30-36(51)47(57-49)54-38-11-10-37-35(9-7-31(2)53-37)46(38)68(65)25-5-6-26-68)43(66-3)29-42(33)60-19-16-34(17-20-60)59-23-21-58(22-24-59)18-15-32-8-12-40-44(27-32)67-50(64)61(40)41-13-14-45(62)56-48(41)63/h5-12,27-30,34,41H,4,13-26H2,1-3H3,(H,56,62,63)(H2,52,54,55,57). The van der Waals surface area contributed by atoms with Gasteiger partial charge >= 0.3 is 5.76 Å². The molecule has 18 heteroatoms. The molecule has 3 aromatic heterocycles. The van der Waals surface area contributed by atoms with Crippen molar-refractivity contribution >= 4 is 91.0 Å². The highest BCUT2D eigenvalue weighted by atomic mass is 79.9. The van der Waals surface area contributed by atoms with Gasteiger partial charge in [0, 0.05) is 105 Å². The number of rotatable bonds is 13. The predicted octanol–water partition coefficient (Wildman–Crippen LogP) is 7.43. The number of methoxy groups -OCH3 is 1. The Bertz CT molecular complexity index is 3050. The zero-order valence-electron chi connectivity index (χ0n) is 38.6. The number of nitrogens with one attached hydrogen (secondary N) is 3. The van der Waals surface area contributed by atoms with Crippen molar-refractivity contribution in [3.63, 3.8) is 0 Å². The van der Waals surface area contributed by atoms with Crippen molar-refractivity contribution in [1.29, 1.82) is 0 Å². The number of anilines is 5. The molecule has 1 atom stereocenters. The molecule has 0 saturated carbocycles. The Labute approximate surface area is 403 Å². The van der Waals surface area contributed by atoms with Gasteiger partial charge in [-0.3, -0.25) is 29.4 Å². The van der Waals surface area contributed by atoms with Gasteiger partial charge in [-0.25, -0.2) is 9.78 Å². The van der Waals surface area contributed by atoms with Crippen molar-refractivity contribution in [3.05, 3.63) is 105 Å². The van der Waals surface area contributed by atoms with Crippen LogP contribution in [0.1, 0.15) is 55.5 Å². The minimum atomic E-state index is -2.75.